The van der Waals surface area contributed by atoms with E-state index in [-0.39, 0.29) is 17.6 Å². The minimum Gasteiger partial charge on any atom is -0.489 e. The molecule has 2 aliphatic heterocycles. The van der Waals surface area contributed by atoms with Gasteiger partial charge in [-0.3, -0.25) is 0 Å². The molecule has 1 unspecified atom stereocenters. The van der Waals surface area contributed by atoms with Gasteiger partial charge >= 0.3 is 0 Å². The van der Waals surface area contributed by atoms with Crippen LogP contribution in [0.25, 0.3) is 0 Å². The monoisotopic (exact) mass is 267 g/mol. The van der Waals surface area contributed by atoms with E-state index in [9.17, 15) is 8.42 Å². The van der Waals surface area contributed by atoms with Crippen molar-refractivity contribution in [3.05, 3.63) is 29.3 Å². The number of nitrogens with one attached hydrogen (secondary N) is 1. The summed E-state index contributed by atoms with van der Waals surface area (Å²) in [6.45, 7) is 1.90. The van der Waals surface area contributed by atoms with Crippen molar-refractivity contribution in [2.75, 3.05) is 18.1 Å². The van der Waals surface area contributed by atoms with Crippen molar-refractivity contribution >= 4 is 9.84 Å². The standard InChI is InChI=1S/C13H17NO3S/c15-18(16)6-4-13(9-18)17-12-2-1-11-8-14-5-3-10(11)7-12/h1-2,7,13-14H,3-6,8-9H2. The first kappa shape index (κ1) is 12.0. The Morgan fingerprint density at radius 3 is 2.94 bits per heavy atom. The molecule has 2 heterocycles. The van der Waals surface area contributed by atoms with Gasteiger partial charge < -0.3 is 10.1 Å². The summed E-state index contributed by atoms with van der Waals surface area (Å²) in [7, 11) is -2.87. The van der Waals surface area contributed by atoms with E-state index < -0.39 is 9.84 Å². The lowest BCUT2D eigenvalue weighted by Crippen LogP contribution is -2.24. The quantitative estimate of drug-likeness (QED) is 0.865. The first-order valence-corrected chi connectivity index (χ1v) is 8.14. The van der Waals surface area contributed by atoms with E-state index in [1.54, 1.807) is 0 Å². The summed E-state index contributed by atoms with van der Waals surface area (Å²) in [5.74, 6) is 1.22. The Hall–Kier alpha value is -1.07. The molecule has 98 valence electrons. The summed E-state index contributed by atoms with van der Waals surface area (Å²) in [4.78, 5) is 0. The van der Waals surface area contributed by atoms with Gasteiger partial charge in [0.25, 0.3) is 0 Å². The molecule has 0 spiro atoms. The minimum atomic E-state index is -2.87. The van der Waals surface area contributed by atoms with Gasteiger partial charge in [-0.25, -0.2) is 8.42 Å². The Kier molecular flexibility index (Phi) is 3.03. The van der Waals surface area contributed by atoms with E-state index in [0.717, 1.165) is 25.3 Å². The zero-order valence-electron chi connectivity index (χ0n) is 10.2. The zero-order valence-corrected chi connectivity index (χ0v) is 11.0. The molecule has 5 heteroatoms. The van der Waals surface area contributed by atoms with Crippen molar-refractivity contribution in [2.45, 2.75) is 25.5 Å². The molecule has 3 rings (SSSR count). The van der Waals surface area contributed by atoms with E-state index in [2.05, 4.69) is 17.4 Å². The highest BCUT2D eigenvalue weighted by atomic mass is 32.2. The summed E-state index contributed by atoms with van der Waals surface area (Å²) in [5.41, 5.74) is 2.62. The van der Waals surface area contributed by atoms with Crippen LogP contribution < -0.4 is 10.1 Å². The van der Waals surface area contributed by atoms with Crippen LogP contribution in [-0.4, -0.2) is 32.6 Å². The van der Waals surface area contributed by atoms with Gasteiger partial charge in [-0.15, -0.1) is 0 Å². The van der Waals surface area contributed by atoms with E-state index in [4.69, 9.17) is 4.74 Å². The summed E-state index contributed by atoms with van der Waals surface area (Å²) in [6, 6.07) is 6.07. The van der Waals surface area contributed by atoms with Crippen LogP contribution in [0.2, 0.25) is 0 Å². The smallest absolute Gasteiger partial charge is 0.154 e. The third kappa shape index (κ3) is 2.52. The van der Waals surface area contributed by atoms with Gasteiger partial charge in [0.2, 0.25) is 0 Å². The number of rotatable bonds is 2. The number of hydrogen-bond acceptors (Lipinski definition) is 4. The Balaban J connectivity index is 1.74. The third-order valence-corrected chi connectivity index (χ3v) is 5.30. The molecule has 18 heavy (non-hydrogen) atoms. The molecule has 1 N–H and O–H groups in total. The minimum absolute atomic E-state index is 0.158. The molecule has 0 radical (unpaired) electrons. The SMILES string of the molecule is O=S1(=O)CCC(Oc2ccc3c(c2)CCNC3)C1. The molecule has 1 saturated heterocycles. The van der Waals surface area contributed by atoms with E-state index >= 15 is 0 Å². The van der Waals surface area contributed by atoms with Crippen LogP contribution in [0.3, 0.4) is 0 Å². The molecular weight excluding hydrogens is 250 g/mol. The lowest BCUT2D eigenvalue weighted by molar-refractivity contribution is 0.228. The lowest BCUT2D eigenvalue weighted by atomic mass is 10.0. The number of benzene rings is 1. The second-order valence-electron chi connectivity index (χ2n) is 5.00. The van der Waals surface area contributed by atoms with Gasteiger partial charge in [0.15, 0.2) is 9.84 Å². The van der Waals surface area contributed by atoms with Crippen molar-refractivity contribution in [3.8, 4) is 5.75 Å². The highest BCUT2D eigenvalue weighted by molar-refractivity contribution is 7.91. The molecule has 2 aliphatic rings. The second kappa shape index (κ2) is 4.55. The lowest BCUT2D eigenvalue weighted by Gasteiger charge is -2.19. The molecule has 1 atom stereocenters. The summed E-state index contributed by atoms with van der Waals surface area (Å²) < 4.78 is 28.5. The first-order chi connectivity index (χ1) is 8.62. The molecule has 1 fully saturated rings. The van der Waals surface area contributed by atoms with Gasteiger partial charge in [-0.1, -0.05) is 6.07 Å². The summed E-state index contributed by atoms with van der Waals surface area (Å²) >= 11 is 0. The van der Waals surface area contributed by atoms with Crippen LogP contribution in [0.5, 0.6) is 5.75 Å². The maximum absolute atomic E-state index is 11.4. The molecular formula is C13H17NO3S. The molecule has 0 saturated carbocycles. The molecule has 0 aliphatic carbocycles. The molecule has 0 amide bonds. The van der Waals surface area contributed by atoms with Crippen molar-refractivity contribution in [1.29, 1.82) is 0 Å². The van der Waals surface area contributed by atoms with Crippen LogP contribution in [0.15, 0.2) is 18.2 Å². The second-order valence-corrected chi connectivity index (χ2v) is 7.23. The van der Waals surface area contributed by atoms with Crippen LogP contribution in [0, 0.1) is 0 Å². The van der Waals surface area contributed by atoms with Crippen molar-refractivity contribution in [2.24, 2.45) is 0 Å². The predicted molar refractivity (Wildman–Crippen MR) is 69.5 cm³/mol. The number of sulfone groups is 1. The topological polar surface area (TPSA) is 55.4 Å². The van der Waals surface area contributed by atoms with Gasteiger partial charge in [-0.05, 0) is 42.6 Å². The average molecular weight is 267 g/mol. The Labute approximate surface area is 107 Å². The van der Waals surface area contributed by atoms with E-state index in [1.165, 1.54) is 11.1 Å². The zero-order chi connectivity index (χ0) is 12.6. The van der Waals surface area contributed by atoms with Crippen LogP contribution >= 0.6 is 0 Å². The largest absolute Gasteiger partial charge is 0.489 e. The van der Waals surface area contributed by atoms with Crippen LogP contribution in [0.1, 0.15) is 17.5 Å². The molecule has 0 aromatic heterocycles. The van der Waals surface area contributed by atoms with Gasteiger partial charge in [-0.2, -0.15) is 0 Å². The fourth-order valence-electron chi connectivity index (χ4n) is 2.57. The summed E-state index contributed by atoms with van der Waals surface area (Å²) in [6.07, 6.45) is 1.45. The molecule has 1 aromatic rings. The van der Waals surface area contributed by atoms with Crippen molar-refractivity contribution in [3.63, 3.8) is 0 Å². The normalized spacial score (nSPS) is 25.7. The Morgan fingerprint density at radius 1 is 1.28 bits per heavy atom. The highest BCUT2D eigenvalue weighted by Crippen LogP contribution is 2.24. The number of fused-ring (bicyclic) bond motifs is 1. The van der Waals surface area contributed by atoms with E-state index in [1.807, 2.05) is 6.07 Å². The molecule has 1 aromatic carbocycles. The van der Waals surface area contributed by atoms with Crippen molar-refractivity contribution in [1.82, 2.24) is 5.32 Å². The fraction of sp³-hybridized carbons (Fsp3) is 0.538. The number of hydrogen-bond donors (Lipinski definition) is 1. The Bertz CT molecular complexity index is 553. The molecule has 0 bridgehead atoms. The maximum atomic E-state index is 11.4. The molecule has 4 nitrogen and oxygen atoms in total. The maximum Gasteiger partial charge on any atom is 0.154 e. The predicted octanol–water partition coefficient (Wildman–Crippen LogP) is 0.898. The fourth-order valence-corrected chi connectivity index (χ4v) is 4.16. The number of ether oxygens (including phenoxy) is 1. The Morgan fingerprint density at radius 2 is 2.17 bits per heavy atom. The van der Waals surface area contributed by atoms with E-state index in [0.29, 0.717) is 6.42 Å². The highest BCUT2D eigenvalue weighted by Gasteiger charge is 2.29. The van der Waals surface area contributed by atoms with Gasteiger partial charge in [0, 0.05) is 6.54 Å². The van der Waals surface area contributed by atoms with Crippen LogP contribution in [-0.2, 0) is 22.8 Å². The first-order valence-electron chi connectivity index (χ1n) is 6.32. The van der Waals surface area contributed by atoms with Crippen LogP contribution in [0.4, 0.5) is 0 Å². The van der Waals surface area contributed by atoms with Gasteiger partial charge in [0.05, 0.1) is 11.5 Å². The van der Waals surface area contributed by atoms with Crippen molar-refractivity contribution < 1.29 is 13.2 Å². The third-order valence-electron chi connectivity index (χ3n) is 3.56. The average Bonchev–Trinajstić information content (AvgIpc) is 2.68. The summed E-state index contributed by atoms with van der Waals surface area (Å²) in [5, 5.41) is 3.32. The van der Waals surface area contributed by atoms with Gasteiger partial charge in [0.1, 0.15) is 11.9 Å².